The van der Waals surface area contributed by atoms with E-state index in [1.54, 1.807) is 6.92 Å². The molecule has 0 saturated carbocycles. The van der Waals surface area contributed by atoms with Crippen molar-refractivity contribution in [3.63, 3.8) is 0 Å². The molecule has 0 aliphatic rings. The number of hydrogen-bond donors (Lipinski definition) is 0. The molecule has 3 nitrogen and oxygen atoms in total. The normalized spacial score (nSPS) is 10.7. The van der Waals surface area contributed by atoms with Crippen LogP contribution >= 0.6 is 22.9 Å². The Kier molecular flexibility index (Phi) is 3.54. The summed E-state index contributed by atoms with van der Waals surface area (Å²) in [6.45, 7) is 2.02. The average Bonchev–Trinajstić information content (AvgIpc) is 2.88. The van der Waals surface area contributed by atoms with Gasteiger partial charge in [0.2, 0.25) is 0 Å². The van der Waals surface area contributed by atoms with E-state index in [-0.39, 0.29) is 12.1 Å². The Balaban J connectivity index is 2.31. The second-order valence-electron chi connectivity index (χ2n) is 4.59. The van der Waals surface area contributed by atoms with E-state index in [4.69, 9.17) is 18.0 Å². The molecule has 0 aliphatic carbocycles. The molecule has 3 aromatic rings. The topological polar surface area (TPSA) is 34.9 Å². The fourth-order valence-corrected chi connectivity index (χ4v) is 3.35. The van der Waals surface area contributed by atoms with Crippen LogP contribution in [0.3, 0.4) is 0 Å². The molecule has 0 aliphatic heterocycles. The summed E-state index contributed by atoms with van der Waals surface area (Å²) in [6.07, 6.45) is 5.33. The number of aromatic nitrogens is 2. The molecule has 2 aromatic heterocycles. The summed E-state index contributed by atoms with van der Waals surface area (Å²) in [5, 5.41) is 3.22. The molecule has 1 aromatic carbocycles. The molecule has 5 heteroatoms. The average molecular weight is 315 g/mol. The summed E-state index contributed by atoms with van der Waals surface area (Å²) in [5.41, 5.74) is 1.72. The Morgan fingerprint density at radius 3 is 2.76 bits per heavy atom. The van der Waals surface area contributed by atoms with Crippen molar-refractivity contribution in [2.75, 3.05) is 0 Å². The van der Waals surface area contributed by atoms with Crippen molar-refractivity contribution < 1.29 is 0 Å². The van der Waals surface area contributed by atoms with Crippen LogP contribution in [-0.4, -0.2) is 9.55 Å². The number of fused-ring (bicyclic) bond motifs is 1. The minimum atomic E-state index is -0.0957. The first kappa shape index (κ1) is 13.9. The van der Waals surface area contributed by atoms with Gasteiger partial charge in [-0.05, 0) is 24.6 Å². The number of terminal acetylenes is 1. The van der Waals surface area contributed by atoms with Gasteiger partial charge in [0.15, 0.2) is 0 Å². The van der Waals surface area contributed by atoms with Crippen LogP contribution in [0.4, 0.5) is 0 Å². The molecule has 0 unspecified atom stereocenters. The smallest absolute Gasteiger partial charge is 0.263 e. The minimum absolute atomic E-state index is 0.0957. The van der Waals surface area contributed by atoms with E-state index in [0.717, 1.165) is 16.0 Å². The molecule has 0 N–H and O–H groups in total. The fourth-order valence-electron chi connectivity index (χ4n) is 2.25. The van der Waals surface area contributed by atoms with Crippen LogP contribution in [-0.2, 0) is 6.54 Å². The molecule has 0 fully saturated rings. The van der Waals surface area contributed by atoms with Crippen LogP contribution in [0.5, 0.6) is 0 Å². The molecule has 104 valence electrons. The molecule has 3 rings (SSSR count). The van der Waals surface area contributed by atoms with Crippen molar-refractivity contribution in [2.24, 2.45) is 0 Å². The number of rotatable bonds is 2. The zero-order valence-corrected chi connectivity index (χ0v) is 12.8. The van der Waals surface area contributed by atoms with Gasteiger partial charge in [-0.2, -0.15) is 0 Å². The van der Waals surface area contributed by atoms with E-state index in [1.165, 1.54) is 15.9 Å². The molecular formula is C16H11ClN2OS. The summed E-state index contributed by atoms with van der Waals surface area (Å²) >= 11 is 7.37. The Morgan fingerprint density at radius 1 is 1.38 bits per heavy atom. The lowest BCUT2D eigenvalue weighted by atomic mass is 10.1. The summed E-state index contributed by atoms with van der Waals surface area (Å²) in [5.74, 6) is 3.13. The highest BCUT2D eigenvalue weighted by Gasteiger charge is 2.14. The van der Waals surface area contributed by atoms with Gasteiger partial charge < -0.3 is 0 Å². The number of hydrogen-bond acceptors (Lipinski definition) is 3. The second kappa shape index (κ2) is 5.36. The van der Waals surface area contributed by atoms with Crippen molar-refractivity contribution >= 4 is 33.2 Å². The van der Waals surface area contributed by atoms with Crippen molar-refractivity contribution in [3.8, 4) is 23.5 Å². The Hall–Kier alpha value is -2.09. The number of nitrogens with zero attached hydrogens (tertiary/aromatic N) is 2. The highest BCUT2D eigenvalue weighted by Crippen LogP contribution is 2.31. The predicted molar refractivity (Wildman–Crippen MR) is 87.9 cm³/mol. The molecule has 0 bridgehead atoms. The van der Waals surface area contributed by atoms with Gasteiger partial charge in [-0.25, -0.2) is 4.98 Å². The van der Waals surface area contributed by atoms with Gasteiger partial charge in [-0.15, -0.1) is 17.8 Å². The molecule has 0 radical (unpaired) electrons. The summed E-state index contributed by atoms with van der Waals surface area (Å²) in [4.78, 5) is 17.9. The van der Waals surface area contributed by atoms with Crippen LogP contribution in [0.15, 0.2) is 34.4 Å². The number of benzene rings is 1. The first-order valence-electron chi connectivity index (χ1n) is 6.30. The van der Waals surface area contributed by atoms with Gasteiger partial charge in [0.1, 0.15) is 10.7 Å². The Morgan fingerprint density at radius 2 is 2.10 bits per heavy atom. The highest BCUT2D eigenvalue weighted by molar-refractivity contribution is 7.17. The van der Waals surface area contributed by atoms with Crippen LogP contribution in [0, 0.1) is 19.3 Å². The van der Waals surface area contributed by atoms with E-state index in [1.807, 2.05) is 29.6 Å². The van der Waals surface area contributed by atoms with Gasteiger partial charge in [0.05, 0.1) is 11.9 Å². The lowest BCUT2D eigenvalue weighted by Gasteiger charge is -2.06. The van der Waals surface area contributed by atoms with Crippen LogP contribution in [0.2, 0.25) is 5.02 Å². The molecule has 2 heterocycles. The number of thiophene rings is 1. The molecular weight excluding hydrogens is 304 g/mol. The summed E-state index contributed by atoms with van der Waals surface area (Å²) in [7, 11) is 0. The monoisotopic (exact) mass is 314 g/mol. The SMILES string of the molecule is C#CCn1c(C)nc2scc(-c3ccc(Cl)cc3)c2c1=O. The van der Waals surface area contributed by atoms with Gasteiger partial charge in [0.25, 0.3) is 5.56 Å². The molecule has 0 spiro atoms. The number of aryl methyl sites for hydroxylation is 1. The van der Waals surface area contributed by atoms with E-state index in [0.29, 0.717) is 16.2 Å². The largest absolute Gasteiger partial charge is 0.284 e. The van der Waals surface area contributed by atoms with Gasteiger partial charge in [0, 0.05) is 16.0 Å². The fraction of sp³-hybridized carbons (Fsp3) is 0.125. The van der Waals surface area contributed by atoms with Crippen molar-refractivity contribution in [1.82, 2.24) is 9.55 Å². The van der Waals surface area contributed by atoms with Gasteiger partial charge in [-0.3, -0.25) is 9.36 Å². The predicted octanol–water partition coefficient (Wildman–Crippen LogP) is 3.72. The standard InChI is InChI=1S/C16H11ClN2OS/c1-3-8-19-10(2)18-15-14(16(19)20)13(9-21-15)11-4-6-12(17)7-5-11/h1,4-7,9H,8H2,2H3. The van der Waals surface area contributed by atoms with E-state index >= 15 is 0 Å². The molecule has 0 saturated heterocycles. The quantitative estimate of drug-likeness (QED) is 0.676. The van der Waals surface area contributed by atoms with Gasteiger partial charge in [-0.1, -0.05) is 29.7 Å². The third-order valence-corrected chi connectivity index (χ3v) is 4.41. The second-order valence-corrected chi connectivity index (χ2v) is 5.89. The summed E-state index contributed by atoms with van der Waals surface area (Å²) in [6, 6.07) is 7.41. The van der Waals surface area contributed by atoms with Gasteiger partial charge >= 0.3 is 0 Å². The van der Waals surface area contributed by atoms with E-state index in [2.05, 4.69) is 10.9 Å². The zero-order valence-electron chi connectivity index (χ0n) is 11.3. The first-order chi connectivity index (χ1) is 10.1. The van der Waals surface area contributed by atoms with Crippen molar-refractivity contribution in [3.05, 3.63) is 50.8 Å². The third-order valence-electron chi connectivity index (χ3n) is 3.29. The molecule has 21 heavy (non-hydrogen) atoms. The molecule has 0 amide bonds. The minimum Gasteiger partial charge on any atom is -0.284 e. The van der Waals surface area contributed by atoms with Crippen LogP contribution in [0.1, 0.15) is 5.82 Å². The zero-order chi connectivity index (χ0) is 15.0. The highest BCUT2D eigenvalue weighted by atomic mass is 35.5. The van der Waals surface area contributed by atoms with Crippen molar-refractivity contribution in [2.45, 2.75) is 13.5 Å². The Bertz CT molecular complexity index is 916. The lowest BCUT2D eigenvalue weighted by Crippen LogP contribution is -2.23. The first-order valence-corrected chi connectivity index (χ1v) is 7.55. The summed E-state index contributed by atoms with van der Waals surface area (Å²) < 4.78 is 1.52. The van der Waals surface area contributed by atoms with E-state index in [9.17, 15) is 4.79 Å². The molecule has 0 atom stereocenters. The Labute approximate surface area is 130 Å². The number of halogens is 1. The maximum atomic E-state index is 12.7. The van der Waals surface area contributed by atoms with Crippen molar-refractivity contribution in [1.29, 1.82) is 0 Å². The third kappa shape index (κ3) is 2.35. The van der Waals surface area contributed by atoms with Crippen LogP contribution in [0.25, 0.3) is 21.3 Å². The maximum Gasteiger partial charge on any atom is 0.263 e. The lowest BCUT2D eigenvalue weighted by molar-refractivity contribution is 0.743. The maximum absolute atomic E-state index is 12.7. The van der Waals surface area contributed by atoms with Crippen LogP contribution < -0.4 is 5.56 Å². The van der Waals surface area contributed by atoms with E-state index < -0.39 is 0 Å².